The first kappa shape index (κ1) is 18.1. The van der Waals surface area contributed by atoms with Crippen molar-refractivity contribution in [3.05, 3.63) is 102 Å². The van der Waals surface area contributed by atoms with Crippen LogP contribution in [0.3, 0.4) is 0 Å². The average molecular weight is 387 g/mol. The maximum atomic E-state index is 13.5. The van der Waals surface area contributed by atoms with Crippen molar-refractivity contribution in [1.29, 1.82) is 0 Å². The Hall–Kier alpha value is -3.31. The smallest absolute Gasteiger partial charge is 0.208 e. The average Bonchev–Trinajstić information content (AvgIpc) is 2.73. The molecule has 0 saturated carbocycles. The molecule has 1 heterocycles. The zero-order chi connectivity index (χ0) is 19.7. The van der Waals surface area contributed by atoms with Crippen LogP contribution in [0.15, 0.2) is 94.9 Å². The van der Waals surface area contributed by atoms with Gasteiger partial charge in [-0.05, 0) is 31.2 Å². The Morgan fingerprint density at radius 2 is 1.50 bits per heavy atom. The number of aryl methyl sites for hydroxylation is 1. The third kappa shape index (κ3) is 3.10. The lowest BCUT2D eigenvalue weighted by Gasteiger charge is -2.13. The van der Waals surface area contributed by atoms with Gasteiger partial charge in [0.15, 0.2) is 5.78 Å². The van der Waals surface area contributed by atoms with Gasteiger partial charge < -0.3 is 0 Å². The molecule has 0 atom stereocenters. The van der Waals surface area contributed by atoms with Crippen LogP contribution < -0.4 is 0 Å². The van der Waals surface area contributed by atoms with Gasteiger partial charge in [-0.2, -0.15) is 0 Å². The fourth-order valence-electron chi connectivity index (χ4n) is 3.20. The topological polar surface area (TPSA) is 64.1 Å². The van der Waals surface area contributed by atoms with Crippen LogP contribution in [0, 0.1) is 6.92 Å². The van der Waals surface area contributed by atoms with Crippen molar-refractivity contribution in [2.24, 2.45) is 0 Å². The summed E-state index contributed by atoms with van der Waals surface area (Å²) in [6, 6.07) is 22.2. The first-order valence-electron chi connectivity index (χ1n) is 8.78. The molecule has 4 aromatic rings. The lowest BCUT2D eigenvalue weighted by Crippen LogP contribution is -2.12. The molecule has 3 aromatic carbocycles. The van der Waals surface area contributed by atoms with Crippen molar-refractivity contribution in [1.82, 2.24) is 4.98 Å². The Labute approximate surface area is 163 Å². The molecule has 1 aromatic heterocycles. The molecule has 0 saturated heterocycles. The van der Waals surface area contributed by atoms with Gasteiger partial charge in [0.2, 0.25) is 9.84 Å². The number of pyridine rings is 1. The second kappa shape index (κ2) is 7.02. The summed E-state index contributed by atoms with van der Waals surface area (Å²) in [5.41, 5.74) is 1.92. The molecule has 28 heavy (non-hydrogen) atoms. The van der Waals surface area contributed by atoms with Gasteiger partial charge in [-0.25, -0.2) is 8.42 Å². The Kier molecular flexibility index (Phi) is 4.53. The number of benzene rings is 3. The fourth-order valence-corrected chi connectivity index (χ4v) is 4.83. The van der Waals surface area contributed by atoms with E-state index in [1.165, 1.54) is 18.3 Å². The van der Waals surface area contributed by atoms with Crippen LogP contribution in [0.25, 0.3) is 10.9 Å². The Balaban J connectivity index is 2.07. The van der Waals surface area contributed by atoms with E-state index in [0.717, 1.165) is 5.56 Å². The predicted molar refractivity (Wildman–Crippen MR) is 108 cm³/mol. The first-order chi connectivity index (χ1) is 13.5. The highest BCUT2D eigenvalue weighted by atomic mass is 32.2. The molecule has 0 unspecified atom stereocenters. The van der Waals surface area contributed by atoms with E-state index in [2.05, 4.69) is 4.98 Å². The van der Waals surface area contributed by atoms with Crippen LogP contribution in [0.1, 0.15) is 21.5 Å². The van der Waals surface area contributed by atoms with E-state index >= 15 is 0 Å². The minimum absolute atomic E-state index is 0.00116. The maximum Gasteiger partial charge on any atom is 0.208 e. The summed E-state index contributed by atoms with van der Waals surface area (Å²) in [4.78, 5) is 17.7. The summed E-state index contributed by atoms with van der Waals surface area (Å²) in [5, 5.41) is 0.450. The van der Waals surface area contributed by atoms with Gasteiger partial charge in [-0.3, -0.25) is 9.78 Å². The summed E-state index contributed by atoms with van der Waals surface area (Å²) < 4.78 is 27.1. The Bertz CT molecular complexity index is 1280. The van der Waals surface area contributed by atoms with Crippen LogP contribution >= 0.6 is 0 Å². The van der Waals surface area contributed by atoms with Crippen molar-refractivity contribution < 1.29 is 13.2 Å². The van der Waals surface area contributed by atoms with Crippen LogP contribution in [0.2, 0.25) is 0 Å². The number of nitrogens with zero attached hydrogens (tertiary/aromatic N) is 1. The van der Waals surface area contributed by atoms with E-state index in [1.807, 2.05) is 13.0 Å². The zero-order valence-electron chi connectivity index (χ0n) is 15.2. The third-order valence-corrected chi connectivity index (χ3v) is 6.45. The normalized spacial score (nSPS) is 11.5. The van der Waals surface area contributed by atoms with E-state index in [0.29, 0.717) is 16.5 Å². The maximum absolute atomic E-state index is 13.5. The molecule has 0 aliphatic heterocycles. The molecule has 138 valence electrons. The van der Waals surface area contributed by atoms with E-state index in [1.54, 1.807) is 60.7 Å². The third-order valence-electron chi connectivity index (χ3n) is 4.58. The molecule has 0 fully saturated rings. The van der Waals surface area contributed by atoms with Crippen LogP contribution in [-0.2, 0) is 9.84 Å². The number of sulfone groups is 1. The van der Waals surface area contributed by atoms with Gasteiger partial charge in [-0.15, -0.1) is 0 Å². The number of carbonyl (C=O) groups excluding carboxylic acids is 1. The van der Waals surface area contributed by atoms with E-state index in [-0.39, 0.29) is 21.1 Å². The van der Waals surface area contributed by atoms with Gasteiger partial charge >= 0.3 is 0 Å². The highest BCUT2D eigenvalue weighted by Gasteiger charge is 2.28. The number of hydrogen-bond acceptors (Lipinski definition) is 4. The summed E-state index contributed by atoms with van der Waals surface area (Å²) in [6.45, 7) is 1.88. The fraction of sp³-hybridized carbons (Fsp3) is 0.0435. The minimum Gasteiger partial charge on any atom is -0.289 e. The highest BCUT2D eigenvalue weighted by Crippen LogP contribution is 2.32. The molecule has 4 rings (SSSR count). The van der Waals surface area contributed by atoms with Crippen molar-refractivity contribution >= 4 is 26.5 Å². The van der Waals surface area contributed by atoms with Gasteiger partial charge in [0, 0.05) is 17.1 Å². The predicted octanol–water partition coefficient (Wildman–Crippen LogP) is 4.61. The largest absolute Gasteiger partial charge is 0.289 e. The summed E-state index contributed by atoms with van der Waals surface area (Å²) in [5.74, 6) is -0.369. The molecule has 5 heteroatoms. The molecule has 0 N–H and O–H groups in total. The molecule has 0 aliphatic rings. The number of ketones is 1. The number of aromatic nitrogens is 1. The van der Waals surface area contributed by atoms with E-state index in [9.17, 15) is 13.2 Å². The molecule has 0 bridgehead atoms. The van der Waals surface area contributed by atoms with Crippen molar-refractivity contribution in [3.63, 3.8) is 0 Å². The molecular formula is C23H17NO3S. The second-order valence-electron chi connectivity index (χ2n) is 6.53. The summed E-state index contributed by atoms with van der Waals surface area (Å²) in [7, 11) is -3.93. The lowest BCUT2D eigenvalue weighted by molar-refractivity contribution is 0.103. The van der Waals surface area contributed by atoms with Crippen LogP contribution in [0.5, 0.6) is 0 Å². The van der Waals surface area contributed by atoms with E-state index < -0.39 is 9.84 Å². The number of hydrogen-bond donors (Lipinski definition) is 0. The number of fused-ring (bicyclic) bond motifs is 1. The van der Waals surface area contributed by atoms with Gasteiger partial charge in [0.05, 0.1) is 20.9 Å². The second-order valence-corrected chi connectivity index (χ2v) is 8.42. The summed E-state index contributed by atoms with van der Waals surface area (Å²) >= 11 is 0. The van der Waals surface area contributed by atoms with Crippen molar-refractivity contribution in [2.45, 2.75) is 16.7 Å². The van der Waals surface area contributed by atoms with Crippen LogP contribution in [0.4, 0.5) is 0 Å². The quantitative estimate of drug-likeness (QED) is 0.480. The highest BCUT2D eigenvalue weighted by molar-refractivity contribution is 7.91. The van der Waals surface area contributed by atoms with Crippen molar-refractivity contribution in [3.8, 4) is 0 Å². The summed E-state index contributed by atoms with van der Waals surface area (Å²) in [6.07, 6.45) is 1.36. The van der Waals surface area contributed by atoms with Gasteiger partial charge in [-0.1, -0.05) is 60.2 Å². The van der Waals surface area contributed by atoms with Crippen molar-refractivity contribution in [2.75, 3.05) is 0 Å². The molecular weight excluding hydrogens is 370 g/mol. The molecule has 0 amide bonds. The monoisotopic (exact) mass is 387 g/mol. The van der Waals surface area contributed by atoms with Gasteiger partial charge in [0.25, 0.3) is 0 Å². The van der Waals surface area contributed by atoms with Crippen LogP contribution in [-0.4, -0.2) is 19.2 Å². The Morgan fingerprint density at radius 1 is 0.857 bits per heavy atom. The molecule has 0 spiro atoms. The Morgan fingerprint density at radius 3 is 2.18 bits per heavy atom. The van der Waals surface area contributed by atoms with E-state index in [4.69, 9.17) is 0 Å². The zero-order valence-corrected chi connectivity index (χ0v) is 16.0. The number of carbonyl (C=O) groups is 1. The SMILES string of the molecule is Cc1ccc2ncc(C(=O)c3ccccc3)c(S(=O)(=O)c3ccccc3)c2c1. The molecule has 0 aliphatic carbocycles. The molecule has 4 nitrogen and oxygen atoms in total. The molecule has 0 radical (unpaired) electrons. The minimum atomic E-state index is -3.93. The number of rotatable bonds is 4. The lowest BCUT2D eigenvalue weighted by atomic mass is 10.0. The van der Waals surface area contributed by atoms with Gasteiger partial charge in [0.1, 0.15) is 0 Å². The standard InChI is InChI=1S/C23H17NO3S/c1-16-12-13-21-19(14-16)23(28(26,27)18-10-6-3-7-11-18)20(15-24-21)22(25)17-8-4-2-5-9-17/h2-15H,1H3. The first-order valence-corrected chi connectivity index (χ1v) is 10.3.